The van der Waals surface area contributed by atoms with E-state index in [1.54, 1.807) is 18.2 Å². The summed E-state index contributed by atoms with van der Waals surface area (Å²) in [6.07, 6.45) is -1.83. The third kappa shape index (κ3) is 5.45. The number of guanidine groups is 1. The third-order valence-electron chi connectivity index (χ3n) is 3.95. The van der Waals surface area contributed by atoms with E-state index < -0.39 is 12.1 Å². The summed E-state index contributed by atoms with van der Waals surface area (Å²) in [5, 5.41) is 32.8. The fourth-order valence-corrected chi connectivity index (χ4v) is 2.76. The summed E-state index contributed by atoms with van der Waals surface area (Å²) >= 11 is 0. The van der Waals surface area contributed by atoms with Gasteiger partial charge in [-0.05, 0) is 52.2 Å². The van der Waals surface area contributed by atoms with Crippen molar-refractivity contribution in [3.63, 3.8) is 0 Å². The van der Waals surface area contributed by atoms with Crippen molar-refractivity contribution >= 4 is 40.4 Å². The third-order valence-corrected chi connectivity index (χ3v) is 3.95. The Balaban J connectivity index is 0.000000735. The Kier molecular flexibility index (Phi) is 6.55. The molecular formula is C20H19N5O5. The minimum absolute atomic E-state index is 0.00549. The number of benzene rings is 3. The van der Waals surface area contributed by atoms with E-state index in [0.717, 1.165) is 16.3 Å². The van der Waals surface area contributed by atoms with Gasteiger partial charge < -0.3 is 32.5 Å². The molecule has 0 saturated heterocycles. The number of aliphatic imine (C=N–C) groups is 1. The molecule has 30 heavy (non-hydrogen) atoms. The molecule has 0 amide bonds. The van der Waals surface area contributed by atoms with E-state index in [9.17, 15) is 9.90 Å². The number of carboxylic acids is 1. The molecule has 0 saturated carbocycles. The highest BCUT2D eigenvalue weighted by Crippen LogP contribution is 2.31. The van der Waals surface area contributed by atoms with Crippen molar-refractivity contribution in [1.29, 1.82) is 5.41 Å². The van der Waals surface area contributed by atoms with E-state index >= 15 is 0 Å². The van der Waals surface area contributed by atoms with Crippen molar-refractivity contribution < 1.29 is 24.9 Å². The lowest BCUT2D eigenvalue weighted by molar-refractivity contribution is 0.0697. The predicted molar refractivity (Wildman–Crippen MR) is 113 cm³/mol. The first-order valence-electron chi connectivity index (χ1n) is 8.36. The number of aromatic carboxylic acids is 1. The summed E-state index contributed by atoms with van der Waals surface area (Å²) in [6.45, 7) is 0. The Morgan fingerprint density at radius 2 is 1.43 bits per heavy atom. The summed E-state index contributed by atoms with van der Waals surface area (Å²) < 4.78 is 0. The van der Waals surface area contributed by atoms with E-state index in [1.165, 1.54) is 6.07 Å². The van der Waals surface area contributed by atoms with Crippen LogP contribution in [-0.2, 0) is 0 Å². The van der Waals surface area contributed by atoms with Gasteiger partial charge in [0.2, 0.25) is 0 Å². The summed E-state index contributed by atoms with van der Waals surface area (Å²) in [4.78, 5) is 24.1. The Morgan fingerprint density at radius 1 is 0.833 bits per heavy atom. The van der Waals surface area contributed by atoms with Crippen molar-refractivity contribution in [2.45, 2.75) is 0 Å². The summed E-state index contributed by atoms with van der Waals surface area (Å²) in [7, 11) is 0. The molecule has 0 aliphatic heterocycles. The number of hydrogen-bond acceptors (Lipinski definition) is 4. The standard InChI is InChI=1S/C19H17N5O2.CH2O3/c20-17(21)13-4-2-10-7-12(3-1-11(10)8-13)16-9-14(24-19(22)23)5-6-15(16)18(25)26;2-1(3)4/h1-9H,(H3,20,21)(H,25,26)(H4,22,23,24);(H2,2,3,4). The van der Waals surface area contributed by atoms with Crippen LogP contribution in [0.4, 0.5) is 10.5 Å². The monoisotopic (exact) mass is 409 g/mol. The van der Waals surface area contributed by atoms with Gasteiger partial charge in [0.25, 0.3) is 0 Å². The van der Waals surface area contributed by atoms with Crippen LogP contribution in [0.5, 0.6) is 0 Å². The highest BCUT2D eigenvalue weighted by Gasteiger charge is 2.13. The van der Waals surface area contributed by atoms with Crippen LogP contribution in [0.25, 0.3) is 21.9 Å². The lowest BCUT2D eigenvalue weighted by Crippen LogP contribution is -2.21. The number of carboxylic acid groups (broad SMARTS) is 3. The normalized spacial score (nSPS) is 9.87. The Morgan fingerprint density at radius 3 is 2.00 bits per heavy atom. The van der Waals surface area contributed by atoms with Crippen molar-refractivity contribution in [3.8, 4) is 11.1 Å². The second-order valence-corrected chi connectivity index (χ2v) is 6.04. The molecule has 10 heteroatoms. The van der Waals surface area contributed by atoms with Crippen LogP contribution in [0.1, 0.15) is 15.9 Å². The minimum Gasteiger partial charge on any atom is -0.478 e. The lowest BCUT2D eigenvalue weighted by atomic mass is 9.96. The molecule has 0 radical (unpaired) electrons. The zero-order chi connectivity index (χ0) is 22.4. The van der Waals surface area contributed by atoms with Gasteiger partial charge in [-0.25, -0.2) is 14.6 Å². The highest BCUT2D eigenvalue weighted by atomic mass is 16.6. The zero-order valence-corrected chi connectivity index (χ0v) is 15.5. The maximum atomic E-state index is 11.6. The molecule has 10 N–H and O–H groups in total. The van der Waals surface area contributed by atoms with Crippen molar-refractivity contribution in [2.24, 2.45) is 22.2 Å². The molecule has 10 nitrogen and oxygen atoms in total. The Labute approximate surface area is 170 Å². The van der Waals surface area contributed by atoms with E-state index in [2.05, 4.69) is 4.99 Å². The first kappa shape index (κ1) is 21.7. The van der Waals surface area contributed by atoms with Crippen LogP contribution in [-0.4, -0.2) is 39.2 Å². The number of amidine groups is 1. The molecule has 0 spiro atoms. The number of nitrogens with one attached hydrogen (secondary N) is 1. The molecule has 0 aliphatic carbocycles. The van der Waals surface area contributed by atoms with Crippen LogP contribution >= 0.6 is 0 Å². The zero-order valence-electron chi connectivity index (χ0n) is 15.5. The number of nitrogens with zero attached hydrogens (tertiary/aromatic N) is 1. The molecule has 3 aromatic rings. The molecule has 154 valence electrons. The number of carbonyl (C=O) groups is 2. The molecule has 0 aromatic heterocycles. The average Bonchev–Trinajstić information content (AvgIpc) is 2.66. The molecule has 3 aromatic carbocycles. The molecule has 0 fully saturated rings. The van der Waals surface area contributed by atoms with E-state index in [-0.39, 0.29) is 17.4 Å². The predicted octanol–water partition coefficient (Wildman–Crippen LogP) is 2.62. The quantitative estimate of drug-likeness (QED) is 0.251. The van der Waals surface area contributed by atoms with E-state index in [1.807, 2.05) is 30.3 Å². The van der Waals surface area contributed by atoms with Crippen LogP contribution in [0.3, 0.4) is 0 Å². The molecule has 0 bridgehead atoms. The second-order valence-electron chi connectivity index (χ2n) is 6.04. The maximum Gasteiger partial charge on any atom is 0.503 e. The van der Waals surface area contributed by atoms with Gasteiger partial charge >= 0.3 is 12.1 Å². The van der Waals surface area contributed by atoms with E-state index in [4.69, 9.17) is 37.6 Å². The van der Waals surface area contributed by atoms with Gasteiger partial charge in [0.05, 0.1) is 11.3 Å². The molecule has 0 aliphatic rings. The Hall–Kier alpha value is -4.60. The number of fused-ring (bicyclic) bond motifs is 1. The Bertz CT molecular complexity index is 1170. The summed E-state index contributed by atoms with van der Waals surface area (Å²) in [6, 6.07) is 15.6. The van der Waals surface area contributed by atoms with Gasteiger partial charge in [-0.15, -0.1) is 0 Å². The van der Waals surface area contributed by atoms with Crippen LogP contribution in [0.2, 0.25) is 0 Å². The highest BCUT2D eigenvalue weighted by molar-refractivity contribution is 6.01. The number of nitrogens with two attached hydrogens (primary N) is 3. The lowest BCUT2D eigenvalue weighted by Gasteiger charge is -2.10. The molecule has 0 atom stereocenters. The first-order chi connectivity index (χ1) is 14.1. The van der Waals surface area contributed by atoms with Crippen molar-refractivity contribution in [2.75, 3.05) is 0 Å². The van der Waals surface area contributed by atoms with Gasteiger partial charge in [0.1, 0.15) is 5.84 Å². The molecule has 3 rings (SSSR count). The van der Waals surface area contributed by atoms with Gasteiger partial charge in [-0.2, -0.15) is 0 Å². The van der Waals surface area contributed by atoms with E-state index in [0.29, 0.717) is 16.8 Å². The second kappa shape index (κ2) is 9.06. The van der Waals surface area contributed by atoms with Crippen LogP contribution in [0, 0.1) is 5.41 Å². The fraction of sp³-hybridized carbons (Fsp3) is 0. The first-order valence-corrected chi connectivity index (χ1v) is 8.36. The van der Waals surface area contributed by atoms with Crippen molar-refractivity contribution in [3.05, 3.63) is 65.7 Å². The number of hydrogen-bond donors (Lipinski definition) is 7. The SMILES string of the molecule is N=C(N)c1ccc2cc(-c3cc(N=C(N)N)ccc3C(=O)O)ccc2c1.O=C(O)O. The fourth-order valence-electron chi connectivity index (χ4n) is 2.76. The summed E-state index contributed by atoms with van der Waals surface area (Å²) in [5.74, 6) is -1.15. The maximum absolute atomic E-state index is 11.6. The summed E-state index contributed by atoms with van der Waals surface area (Å²) in [5.41, 5.74) is 18.8. The number of rotatable bonds is 4. The van der Waals surface area contributed by atoms with Gasteiger partial charge in [0, 0.05) is 5.56 Å². The largest absolute Gasteiger partial charge is 0.503 e. The van der Waals surface area contributed by atoms with Gasteiger partial charge in [-0.3, -0.25) is 5.41 Å². The molecular weight excluding hydrogens is 390 g/mol. The molecule has 0 heterocycles. The van der Waals surface area contributed by atoms with Crippen LogP contribution < -0.4 is 17.2 Å². The topological polar surface area (TPSA) is 209 Å². The number of nitrogen functional groups attached to an aromatic ring is 1. The van der Waals surface area contributed by atoms with Gasteiger partial charge in [0.15, 0.2) is 5.96 Å². The van der Waals surface area contributed by atoms with Gasteiger partial charge in [-0.1, -0.05) is 24.3 Å². The average molecular weight is 409 g/mol. The minimum atomic E-state index is -1.83. The van der Waals surface area contributed by atoms with Crippen LogP contribution in [0.15, 0.2) is 59.6 Å². The van der Waals surface area contributed by atoms with Crippen molar-refractivity contribution in [1.82, 2.24) is 0 Å². The molecule has 0 unspecified atom stereocenters. The smallest absolute Gasteiger partial charge is 0.478 e.